The number of nitrogens with zero attached hydrogens (tertiary/aromatic N) is 5. The van der Waals surface area contributed by atoms with E-state index in [4.69, 9.17) is 19.6 Å². The quantitative estimate of drug-likeness (QED) is 0.439. The van der Waals surface area contributed by atoms with Crippen molar-refractivity contribution in [1.82, 2.24) is 24.7 Å². The van der Waals surface area contributed by atoms with Crippen LogP contribution in [0.4, 0.5) is 11.6 Å². The van der Waals surface area contributed by atoms with Crippen LogP contribution < -0.4 is 20.1 Å². The van der Waals surface area contributed by atoms with E-state index in [1.54, 1.807) is 61.9 Å². The molecule has 0 saturated carbocycles. The molecule has 176 valence electrons. The standard InChI is InChI=1S/C25H23N7O3/c1-15-21(24(33)29-18-5-4-10-27-14-18)22(16-8-11-26-12-9-16)32-25(28-15)30-23(31-32)17-6-7-19(34-2)20(13-17)35-3/h4-14,22H,1-3H3,(H,29,33)(H,28,30,31)/t22-/m1/s1. The maximum Gasteiger partial charge on any atom is 0.255 e. The minimum absolute atomic E-state index is 0.265. The highest BCUT2D eigenvalue weighted by Crippen LogP contribution is 2.38. The Kier molecular flexibility index (Phi) is 5.84. The average molecular weight is 470 g/mol. The molecule has 1 atom stereocenters. The zero-order valence-electron chi connectivity index (χ0n) is 19.4. The van der Waals surface area contributed by atoms with Crippen LogP contribution >= 0.6 is 0 Å². The lowest BCUT2D eigenvalue weighted by Gasteiger charge is -2.28. The SMILES string of the molecule is COc1ccc(-c2nc3n(n2)[C@H](c2ccncc2)C(C(=O)Nc2cccnc2)=C(C)N3)cc1OC. The third kappa shape index (κ3) is 4.17. The van der Waals surface area contributed by atoms with Crippen molar-refractivity contribution < 1.29 is 14.3 Å². The van der Waals surface area contributed by atoms with E-state index in [0.29, 0.717) is 40.2 Å². The van der Waals surface area contributed by atoms with Gasteiger partial charge in [-0.15, -0.1) is 5.10 Å². The Morgan fingerprint density at radius 3 is 2.54 bits per heavy atom. The molecular weight excluding hydrogens is 446 g/mol. The van der Waals surface area contributed by atoms with Gasteiger partial charge >= 0.3 is 0 Å². The summed E-state index contributed by atoms with van der Waals surface area (Å²) in [5, 5.41) is 11.0. The van der Waals surface area contributed by atoms with Gasteiger partial charge in [0.1, 0.15) is 6.04 Å². The molecule has 0 fully saturated rings. The lowest BCUT2D eigenvalue weighted by molar-refractivity contribution is -0.113. The Hall–Kier alpha value is -4.73. The van der Waals surface area contributed by atoms with E-state index in [2.05, 4.69) is 20.6 Å². The molecule has 1 aliphatic heterocycles. The summed E-state index contributed by atoms with van der Waals surface area (Å²) < 4.78 is 12.5. The van der Waals surface area contributed by atoms with Gasteiger partial charge in [-0.1, -0.05) is 0 Å². The van der Waals surface area contributed by atoms with E-state index in [1.165, 1.54) is 0 Å². The van der Waals surface area contributed by atoms with Crippen molar-refractivity contribution >= 4 is 17.5 Å². The largest absolute Gasteiger partial charge is 0.493 e. The minimum atomic E-state index is -0.521. The summed E-state index contributed by atoms with van der Waals surface area (Å²) in [6.07, 6.45) is 6.63. The molecule has 2 N–H and O–H groups in total. The van der Waals surface area contributed by atoms with Crippen molar-refractivity contribution in [2.24, 2.45) is 0 Å². The second kappa shape index (κ2) is 9.26. The Morgan fingerprint density at radius 1 is 1.03 bits per heavy atom. The Morgan fingerprint density at radius 2 is 1.83 bits per heavy atom. The summed E-state index contributed by atoms with van der Waals surface area (Å²) >= 11 is 0. The summed E-state index contributed by atoms with van der Waals surface area (Å²) in [6.45, 7) is 1.85. The molecule has 35 heavy (non-hydrogen) atoms. The smallest absolute Gasteiger partial charge is 0.255 e. The van der Waals surface area contributed by atoms with Crippen molar-refractivity contribution in [3.63, 3.8) is 0 Å². The lowest BCUT2D eigenvalue weighted by Crippen LogP contribution is -2.31. The first-order chi connectivity index (χ1) is 17.1. The highest BCUT2D eigenvalue weighted by atomic mass is 16.5. The van der Waals surface area contributed by atoms with Gasteiger partial charge in [0.05, 0.1) is 31.7 Å². The van der Waals surface area contributed by atoms with Gasteiger partial charge in [0.25, 0.3) is 5.91 Å². The average Bonchev–Trinajstić information content (AvgIpc) is 3.32. The van der Waals surface area contributed by atoms with E-state index in [-0.39, 0.29) is 5.91 Å². The summed E-state index contributed by atoms with van der Waals surface area (Å²) in [5.41, 5.74) is 3.38. The fraction of sp³-hybridized carbons (Fsp3) is 0.160. The Balaban J connectivity index is 1.58. The van der Waals surface area contributed by atoms with Crippen LogP contribution in [0, 0.1) is 0 Å². The van der Waals surface area contributed by atoms with E-state index < -0.39 is 6.04 Å². The van der Waals surface area contributed by atoms with Crippen LogP contribution in [0.5, 0.6) is 11.5 Å². The molecule has 4 heterocycles. The second-order valence-corrected chi connectivity index (χ2v) is 7.82. The molecule has 10 heteroatoms. The summed E-state index contributed by atoms with van der Waals surface area (Å²) in [4.78, 5) is 26.4. The number of carbonyl (C=O) groups excluding carboxylic acids is 1. The number of amides is 1. The third-order valence-corrected chi connectivity index (χ3v) is 5.68. The van der Waals surface area contributed by atoms with E-state index in [9.17, 15) is 4.79 Å². The van der Waals surface area contributed by atoms with Crippen molar-refractivity contribution in [2.75, 3.05) is 24.9 Å². The van der Waals surface area contributed by atoms with Gasteiger partial charge in [0.2, 0.25) is 5.95 Å². The molecule has 5 rings (SSSR count). The zero-order chi connectivity index (χ0) is 24.4. The minimum Gasteiger partial charge on any atom is -0.493 e. The van der Waals surface area contributed by atoms with Crippen LogP contribution in [0.1, 0.15) is 18.5 Å². The van der Waals surface area contributed by atoms with Crippen LogP contribution in [0.15, 0.2) is 78.5 Å². The highest BCUT2D eigenvalue weighted by Gasteiger charge is 2.34. The first kappa shape index (κ1) is 22.1. The third-order valence-electron chi connectivity index (χ3n) is 5.68. The maximum absolute atomic E-state index is 13.5. The van der Waals surface area contributed by atoms with Gasteiger partial charge in [-0.05, 0) is 55.0 Å². The van der Waals surface area contributed by atoms with Crippen LogP contribution in [-0.4, -0.2) is 44.9 Å². The summed E-state index contributed by atoms with van der Waals surface area (Å²) in [6, 6.07) is 12.2. The van der Waals surface area contributed by atoms with Crippen LogP contribution in [0.2, 0.25) is 0 Å². The first-order valence-electron chi connectivity index (χ1n) is 10.9. The van der Waals surface area contributed by atoms with Gasteiger partial charge in [-0.2, -0.15) is 4.98 Å². The zero-order valence-corrected chi connectivity index (χ0v) is 19.4. The number of ether oxygens (including phenoxy) is 2. The van der Waals surface area contributed by atoms with Crippen molar-refractivity contribution in [3.05, 3.63) is 84.1 Å². The molecule has 4 aromatic rings. The number of hydrogen-bond acceptors (Lipinski definition) is 8. The number of anilines is 2. The molecule has 0 spiro atoms. The van der Waals surface area contributed by atoms with Crippen molar-refractivity contribution in [3.8, 4) is 22.9 Å². The predicted octanol–water partition coefficient (Wildman–Crippen LogP) is 3.68. The van der Waals surface area contributed by atoms with Gasteiger partial charge < -0.3 is 20.1 Å². The normalized spacial score (nSPS) is 14.7. The predicted molar refractivity (Wildman–Crippen MR) is 130 cm³/mol. The Bertz CT molecular complexity index is 1400. The molecular formula is C25H23N7O3. The number of hydrogen-bond donors (Lipinski definition) is 2. The number of pyridine rings is 2. The number of benzene rings is 1. The molecule has 0 aliphatic carbocycles. The van der Waals surface area contributed by atoms with Gasteiger partial charge in [0.15, 0.2) is 17.3 Å². The number of carbonyl (C=O) groups is 1. The van der Waals surface area contributed by atoms with E-state index in [0.717, 1.165) is 11.1 Å². The second-order valence-electron chi connectivity index (χ2n) is 7.82. The number of nitrogens with one attached hydrogen (secondary N) is 2. The molecule has 10 nitrogen and oxygen atoms in total. The molecule has 1 aromatic carbocycles. The molecule has 3 aromatic heterocycles. The molecule has 0 bridgehead atoms. The van der Waals surface area contributed by atoms with Gasteiger partial charge in [0, 0.05) is 29.9 Å². The molecule has 0 radical (unpaired) electrons. The number of rotatable bonds is 6. The van der Waals surface area contributed by atoms with Crippen LogP contribution in [-0.2, 0) is 4.79 Å². The number of methoxy groups -OCH3 is 2. The molecule has 1 aliphatic rings. The number of fused-ring (bicyclic) bond motifs is 1. The Labute approximate surface area is 201 Å². The first-order valence-corrected chi connectivity index (χ1v) is 10.9. The van der Waals surface area contributed by atoms with Crippen LogP contribution in [0.25, 0.3) is 11.4 Å². The summed E-state index contributed by atoms with van der Waals surface area (Å²) in [7, 11) is 3.16. The van der Waals surface area contributed by atoms with Crippen molar-refractivity contribution in [1.29, 1.82) is 0 Å². The highest BCUT2D eigenvalue weighted by molar-refractivity contribution is 6.05. The van der Waals surface area contributed by atoms with Gasteiger partial charge in [-0.25, -0.2) is 4.68 Å². The molecule has 1 amide bonds. The lowest BCUT2D eigenvalue weighted by atomic mass is 9.96. The molecule has 0 saturated heterocycles. The van der Waals surface area contributed by atoms with Gasteiger partial charge in [-0.3, -0.25) is 14.8 Å². The molecule has 0 unspecified atom stereocenters. The van der Waals surface area contributed by atoms with Crippen molar-refractivity contribution in [2.45, 2.75) is 13.0 Å². The fourth-order valence-corrected chi connectivity index (χ4v) is 4.03. The topological polar surface area (TPSA) is 116 Å². The van der Waals surface area contributed by atoms with Crippen LogP contribution in [0.3, 0.4) is 0 Å². The number of allylic oxidation sites excluding steroid dienone is 1. The summed E-state index contributed by atoms with van der Waals surface area (Å²) in [5.74, 6) is 1.92. The monoisotopic (exact) mass is 469 g/mol. The maximum atomic E-state index is 13.5. The van der Waals surface area contributed by atoms with E-state index >= 15 is 0 Å². The van der Waals surface area contributed by atoms with E-state index in [1.807, 2.05) is 31.2 Å². The number of aromatic nitrogens is 5. The fourth-order valence-electron chi connectivity index (χ4n) is 4.03.